The number of carbonyl (C=O) groups is 2. The summed E-state index contributed by atoms with van der Waals surface area (Å²) in [5.74, 6) is -1.96. The predicted molar refractivity (Wildman–Crippen MR) is 118 cm³/mol. The zero-order chi connectivity index (χ0) is 23.0. The SMILES string of the molecule is CCOc1cc(C2C(C(=O)c3ccco3)=C(O)C(=O)N2c2cc(Cl)ccc2C)ccc1O. The number of phenols is 1. The number of ketones is 1. The normalized spacial score (nSPS) is 16.0. The second-order valence-electron chi connectivity index (χ2n) is 7.24. The van der Waals surface area contributed by atoms with Gasteiger partial charge < -0.3 is 19.4 Å². The molecule has 4 rings (SSSR count). The van der Waals surface area contributed by atoms with Crippen LogP contribution >= 0.6 is 11.6 Å². The average Bonchev–Trinajstić information content (AvgIpc) is 3.39. The minimum absolute atomic E-state index is 0.0159. The van der Waals surface area contributed by atoms with E-state index in [2.05, 4.69) is 0 Å². The third-order valence-electron chi connectivity index (χ3n) is 5.23. The summed E-state index contributed by atoms with van der Waals surface area (Å²) in [6.07, 6.45) is 1.34. The van der Waals surface area contributed by atoms with Gasteiger partial charge in [0.1, 0.15) is 0 Å². The summed E-state index contributed by atoms with van der Waals surface area (Å²) in [5, 5.41) is 21.3. The molecular formula is C24H20ClNO6. The lowest BCUT2D eigenvalue weighted by atomic mass is 9.94. The predicted octanol–water partition coefficient (Wildman–Crippen LogP) is 5.13. The quantitative estimate of drug-likeness (QED) is 0.502. The summed E-state index contributed by atoms with van der Waals surface area (Å²) >= 11 is 6.19. The van der Waals surface area contributed by atoms with Crippen LogP contribution in [-0.4, -0.2) is 28.5 Å². The van der Waals surface area contributed by atoms with Crippen LogP contribution in [0, 0.1) is 6.92 Å². The summed E-state index contributed by atoms with van der Waals surface area (Å²) in [7, 11) is 0. The number of anilines is 1. The van der Waals surface area contributed by atoms with E-state index in [0.29, 0.717) is 22.9 Å². The number of furan rings is 1. The number of aliphatic hydroxyl groups is 1. The summed E-state index contributed by atoms with van der Waals surface area (Å²) in [6, 6.07) is 11.5. The van der Waals surface area contributed by atoms with Crippen molar-refractivity contribution < 1.29 is 29.0 Å². The van der Waals surface area contributed by atoms with Gasteiger partial charge in [-0.3, -0.25) is 14.5 Å². The van der Waals surface area contributed by atoms with Crippen LogP contribution in [0.15, 0.2) is 70.5 Å². The molecule has 0 fully saturated rings. The zero-order valence-corrected chi connectivity index (χ0v) is 18.1. The summed E-state index contributed by atoms with van der Waals surface area (Å²) in [5.41, 5.74) is 1.47. The Morgan fingerprint density at radius 2 is 1.97 bits per heavy atom. The van der Waals surface area contributed by atoms with Crippen molar-refractivity contribution in [3.05, 3.63) is 88.0 Å². The fourth-order valence-corrected chi connectivity index (χ4v) is 3.92. The van der Waals surface area contributed by atoms with E-state index in [9.17, 15) is 19.8 Å². The molecule has 32 heavy (non-hydrogen) atoms. The number of carbonyl (C=O) groups excluding carboxylic acids is 2. The Balaban J connectivity index is 1.93. The second kappa shape index (κ2) is 8.43. The largest absolute Gasteiger partial charge is 0.504 e. The molecule has 2 heterocycles. The van der Waals surface area contributed by atoms with Crippen molar-refractivity contribution in [1.82, 2.24) is 0 Å². The van der Waals surface area contributed by atoms with Crippen LogP contribution < -0.4 is 9.64 Å². The van der Waals surface area contributed by atoms with Crippen molar-refractivity contribution in [3.8, 4) is 11.5 Å². The molecule has 1 unspecified atom stereocenters. The zero-order valence-electron chi connectivity index (χ0n) is 17.3. The Hall–Kier alpha value is -3.71. The number of nitrogens with zero attached hydrogens (tertiary/aromatic N) is 1. The third-order valence-corrected chi connectivity index (χ3v) is 5.46. The maximum atomic E-state index is 13.3. The van der Waals surface area contributed by atoms with E-state index in [1.165, 1.54) is 29.4 Å². The molecule has 3 aromatic rings. The number of hydrogen-bond donors (Lipinski definition) is 2. The van der Waals surface area contributed by atoms with Crippen LogP contribution in [0.3, 0.4) is 0 Å². The van der Waals surface area contributed by atoms with Crippen molar-refractivity contribution >= 4 is 29.0 Å². The van der Waals surface area contributed by atoms with Gasteiger partial charge in [-0.05, 0) is 61.4 Å². The molecule has 8 heteroatoms. The fraction of sp³-hybridized carbons (Fsp3) is 0.167. The van der Waals surface area contributed by atoms with Crippen LogP contribution in [0.4, 0.5) is 5.69 Å². The summed E-state index contributed by atoms with van der Waals surface area (Å²) in [4.78, 5) is 27.8. The molecule has 1 atom stereocenters. The minimum Gasteiger partial charge on any atom is -0.504 e. The van der Waals surface area contributed by atoms with Crippen LogP contribution in [-0.2, 0) is 4.79 Å². The molecule has 2 N–H and O–H groups in total. The van der Waals surface area contributed by atoms with Gasteiger partial charge in [0.25, 0.3) is 5.91 Å². The molecule has 1 aliphatic heterocycles. The lowest BCUT2D eigenvalue weighted by molar-refractivity contribution is -0.117. The van der Waals surface area contributed by atoms with Gasteiger partial charge in [0, 0.05) is 10.7 Å². The molecule has 1 amide bonds. The molecule has 2 aromatic carbocycles. The van der Waals surface area contributed by atoms with Crippen molar-refractivity contribution in [2.45, 2.75) is 19.9 Å². The van der Waals surface area contributed by atoms with E-state index in [4.69, 9.17) is 20.8 Å². The van der Waals surface area contributed by atoms with Gasteiger partial charge >= 0.3 is 0 Å². The van der Waals surface area contributed by atoms with Crippen molar-refractivity contribution in [2.24, 2.45) is 0 Å². The molecule has 0 radical (unpaired) electrons. The highest BCUT2D eigenvalue weighted by atomic mass is 35.5. The van der Waals surface area contributed by atoms with E-state index in [0.717, 1.165) is 5.56 Å². The first-order valence-electron chi connectivity index (χ1n) is 9.90. The molecule has 1 aliphatic rings. The van der Waals surface area contributed by atoms with E-state index in [1.807, 2.05) is 0 Å². The van der Waals surface area contributed by atoms with Gasteiger partial charge in [-0.15, -0.1) is 0 Å². The first-order chi connectivity index (χ1) is 15.3. The van der Waals surface area contributed by atoms with Crippen molar-refractivity contribution in [2.75, 3.05) is 11.5 Å². The molecule has 0 spiro atoms. The van der Waals surface area contributed by atoms with Gasteiger partial charge in [0.2, 0.25) is 5.78 Å². The standard InChI is InChI=1S/C24H20ClNO6/c1-3-31-19-11-14(7-9-17(19)27)21-20(22(28)18-5-4-10-32-18)23(29)24(30)26(21)16-12-15(25)8-6-13(16)2/h4-12,21,27,29H,3H2,1-2H3. The van der Waals surface area contributed by atoms with Gasteiger partial charge in [0.15, 0.2) is 23.0 Å². The molecular weight excluding hydrogens is 434 g/mol. The highest BCUT2D eigenvalue weighted by Gasteiger charge is 2.46. The smallest absolute Gasteiger partial charge is 0.294 e. The third kappa shape index (κ3) is 3.61. The number of aryl methyl sites for hydroxylation is 1. The van der Waals surface area contributed by atoms with Crippen LogP contribution in [0.2, 0.25) is 5.02 Å². The Kier molecular flexibility index (Phi) is 5.67. The molecule has 0 saturated heterocycles. The number of ether oxygens (including phenoxy) is 1. The van der Waals surface area contributed by atoms with Gasteiger partial charge in [-0.2, -0.15) is 0 Å². The lowest BCUT2D eigenvalue weighted by Gasteiger charge is -2.28. The maximum Gasteiger partial charge on any atom is 0.294 e. The van der Waals surface area contributed by atoms with Crippen LogP contribution in [0.1, 0.15) is 34.6 Å². The van der Waals surface area contributed by atoms with Crippen LogP contribution in [0.5, 0.6) is 11.5 Å². The Bertz CT molecular complexity index is 1230. The van der Waals surface area contributed by atoms with Crippen molar-refractivity contribution in [3.63, 3.8) is 0 Å². The van der Waals surface area contributed by atoms with Gasteiger partial charge in [-0.25, -0.2) is 0 Å². The molecule has 0 saturated carbocycles. The monoisotopic (exact) mass is 453 g/mol. The Morgan fingerprint density at radius 3 is 2.66 bits per heavy atom. The van der Waals surface area contributed by atoms with Gasteiger partial charge in [0.05, 0.1) is 24.5 Å². The highest BCUT2D eigenvalue weighted by Crippen LogP contribution is 2.45. The van der Waals surface area contributed by atoms with E-state index < -0.39 is 23.5 Å². The number of aromatic hydroxyl groups is 1. The van der Waals surface area contributed by atoms with E-state index >= 15 is 0 Å². The number of aliphatic hydroxyl groups excluding tert-OH is 1. The topological polar surface area (TPSA) is 100 Å². The number of amides is 1. The molecule has 0 aliphatic carbocycles. The molecule has 164 valence electrons. The number of halogens is 1. The van der Waals surface area contributed by atoms with E-state index in [1.54, 1.807) is 44.2 Å². The van der Waals surface area contributed by atoms with Crippen molar-refractivity contribution in [1.29, 1.82) is 0 Å². The first-order valence-corrected chi connectivity index (χ1v) is 10.3. The molecule has 7 nitrogen and oxygen atoms in total. The number of benzene rings is 2. The summed E-state index contributed by atoms with van der Waals surface area (Å²) in [6.45, 7) is 3.86. The molecule has 1 aromatic heterocycles. The highest BCUT2D eigenvalue weighted by molar-refractivity contribution is 6.31. The number of hydrogen-bond acceptors (Lipinski definition) is 6. The fourth-order valence-electron chi connectivity index (χ4n) is 3.76. The minimum atomic E-state index is -1.00. The van der Waals surface area contributed by atoms with Crippen LogP contribution in [0.25, 0.3) is 0 Å². The van der Waals surface area contributed by atoms with Gasteiger partial charge in [-0.1, -0.05) is 23.7 Å². The number of phenolic OH excluding ortho intramolecular Hbond substituents is 1. The van der Waals surface area contributed by atoms with E-state index in [-0.39, 0.29) is 22.8 Å². The Labute approximate surface area is 189 Å². The lowest BCUT2D eigenvalue weighted by Crippen LogP contribution is -2.31. The molecule has 0 bridgehead atoms. The summed E-state index contributed by atoms with van der Waals surface area (Å²) < 4.78 is 10.7. The Morgan fingerprint density at radius 1 is 1.19 bits per heavy atom. The maximum absolute atomic E-state index is 13.3. The number of Topliss-reactive ketones (excluding diaryl/α,β-unsaturated/α-hetero) is 1. The second-order valence-corrected chi connectivity index (χ2v) is 7.67. The average molecular weight is 454 g/mol. The first kappa shape index (κ1) is 21.5. The number of rotatable bonds is 6.